The molecule has 0 saturated carbocycles. The summed E-state index contributed by atoms with van der Waals surface area (Å²) in [5.74, 6) is 0. The second kappa shape index (κ2) is 13.7. The predicted molar refractivity (Wildman–Crippen MR) is 221 cm³/mol. The van der Waals surface area contributed by atoms with E-state index in [0.29, 0.717) is 0 Å². The van der Waals surface area contributed by atoms with Crippen LogP contribution in [0.5, 0.6) is 0 Å². The van der Waals surface area contributed by atoms with Crippen molar-refractivity contribution in [1.82, 2.24) is 4.57 Å². The summed E-state index contributed by atoms with van der Waals surface area (Å²) < 4.78 is 2.68. The smallest absolute Gasteiger partial charge is 0.0580 e. The monoisotopic (exact) mass is 665 g/mol. The normalized spacial score (nSPS) is 11.9. The van der Waals surface area contributed by atoms with Gasteiger partial charge in [0, 0.05) is 27.9 Å². The molecule has 0 bridgehead atoms. The molecule has 8 aromatic carbocycles. The van der Waals surface area contributed by atoms with Gasteiger partial charge in [0.25, 0.3) is 0 Å². The van der Waals surface area contributed by atoms with Crippen molar-refractivity contribution < 1.29 is 0 Å². The van der Waals surface area contributed by atoms with Crippen molar-refractivity contribution >= 4 is 21.8 Å². The molecular weight excluding hydrogens is 627 g/mol. The van der Waals surface area contributed by atoms with Gasteiger partial charge in [0.05, 0.1) is 11.0 Å². The van der Waals surface area contributed by atoms with Crippen molar-refractivity contribution in [2.24, 2.45) is 0 Å². The minimum absolute atomic E-state index is 0.143. The van der Waals surface area contributed by atoms with Crippen molar-refractivity contribution in [3.63, 3.8) is 0 Å². The number of rotatable bonds is 8. The van der Waals surface area contributed by atoms with Crippen LogP contribution in [0.15, 0.2) is 200 Å². The standard InChI is InChI=1S/C51H39N/c1-36(35-37-27-29-39(30-28-37)38-17-7-2-8-18-38)52-50-46(42-23-13-5-14-24-42)33-31-44(40-19-9-3-10-20-40)48(50)49-45(41-21-11-4-12-22-41)32-34-47(51(49)52)43-25-15-6-16-26-43/h2-34,36H,35H2,1H3. The van der Waals surface area contributed by atoms with Crippen molar-refractivity contribution in [2.75, 3.05) is 0 Å². The fraction of sp³-hybridized carbons (Fsp3) is 0.0588. The molecule has 9 rings (SSSR count). The fourth-order valence-corrected chi connectivity index (χ4v) is 8.06. The Morgan fingerprint density at radius 2 is 0.635 bits per heavy atom. The van der Waals surface area contributed by atoms with Gasteiger partial charge in [0.2, 0.25) is 0 Å². The van der Waals surface area contributed by atoms with Gasteiger partial charge in [-0.15, -0.1) is 0 Å². The van der Waals surface area contributed by atoms with Crippen molar-refractivity contribution in [2.45, 2.75) is 19.4 Å². The van der Waals surface area contributed by atoms with Gasteiger partial charge in [0.1, 0.15) is 0 Å². The number of hydrogen-bond acceptors (Lipinski definition) is 0. The van der Waals surface area contributed by atoms with E-state index in [2.05, 4.69) is 212 Å². The largest absolute Gasteiger partial charge is 0.336 e. The Kier molecular flexibility index (Phi) is 8.31. The Balaban J connectivity index is 1.39. The highest BCUT2D eigenvalue weighted by Crippen LogP contribution is 2.49. The lowest BCUT2D eigenvalue weighted by molar-refractivity contribution is 0.579. The molecule has 0 aliphatic heterocycles. The van der Waals surface area contributed by atoms with E-state index in [4.69, 9.17) is 0 Å². The number of benzene rings is 8. The molecule has 1 heterocycles. The summed E-state index contributed by atoms with van der Waals surface area (Å²) in [5.41, 5.74) is 16.2. The van der Waals surface area contributed by atoms with Crippen LogP contribution in [-0.4, -0.2) is 4.57 Å². The van der Waals surface area contributed by atoms with Crippen LogP contribution in [0.4, 0.5) is 0 Å². The van der Waals surface area contributed by atoms with Gasteiger partial charge in [-0.05, 0) is 63.4 Å². The Hall–Kier alpha value is -6.44. The maximum Gasteiger partial charge on any atom is 0.0580 e. The van der Waals surface area contributed by atoms with Crippen LogP contribution < -0.4 is 0 Å². The molecule has 1 unspecified atom stereocenters. The molecular formula is C51H39N. The quantitative estimate of drug-likeness (QED) is 0.152. The van der Waals surface area contributed by atoms with Crippen LogP contribution in [0.2, 0.25) is 0 Å². The fourth-order valence-electron chi connectivity index (χ4n) is 8.06. The van der Waals surface area contributed by atoms with E-state index in [1.165, 1.54) is 83.0 Å². The number of aromatic nitrogens is 1. The minimum Gasteiger partial charge on any atom is -0.336 e. The van der Waals surface area contributed by atoms with Gasteiger partial charge in [-0.2, -0.15) is 0 Å². The van der Waals surface area contributed by atoms with Gasteiger partial charge in [-0.1, -0.05) is 200 Å². The van der Waals surface area contributed by atoms with Crippen molar-refractivity contribution in [3.8, 4) is 55.6 Å². The first kappa shape index (κ1) is 31.5. The molecule has 0 saturated heterocycles. The third-order valence-electron chi connectivity index (χ3n) is 10.5. The highest BCUT2D eigenvalue weighted by molar-refractivity contribution is 6.25. The van der Waals surface area contributed by atoms with Crippen LogP contribution >= 0.6 is 0 Å². The molecule has 0 aliphatic rings. The van der Waals surface area contributed by atoms with E-state index < -0.39 is 0 Å². The molecule has 1 aromatic heterocycles. The summed E-state index contributed by atoms with van der Waals surface area (Å²) in [6.07, 6.45) is 0.890. The second-order valence-electron chi connectivity index (χ2n) is 13.7. The van der Waals surface area contributed by atoms with Crippen molar-refractivity contribution in [1.29, 1.82) is 0 Å². The summed E-state index contributed by atoms with van der Waals surface area (Å²) in [5, 5.41) is 2.59. The molecule has 1 heteroatoms. The Morgan fingerprint density at radius 3 is 1.02 bits per heavy atom. The third kappa shape index (κ3) is 5.71. The van der Waals surface area contributed by atoms with Gasteiger partial charge in [-0.25, -0.2) is 0 Å². The highest BCUT2D eigenvalue weighted by Gasteiger charge is 2.26. The molecule has 1 nitrogen and oxygen atoms in total. The van der Waals surface area contributed by atoms with Crippen molar-refractivity contribution in [3.05, 3.63) is 206 Å². The van der Waals surface area contributed by atoms with E-state index in [1.54, 1.807) is 0 Å². The van der Waals surface area contributed by atoms with Gasteiger partial charge >= 0.3 is 0 Å². The first-order chi connectivity index (χ1) is 25.7. The SMILES string of the molecule is CC(Cc1ccc(-c2ccccc2)cc1)n1c2c(-c3ccccc3)ccc(-c3ccccc3)c2c2c(-c3ccccc3)ccc(-c3ccccc3)c21. The molecule has 0 aliphatic carbocycles. The topological polar surface area (TPSA) is 4.93 Å². The number of fused-ring (bicyclic) bond motifs is 3. The lowest BCUT2D eigenvalue weighted by Gasteiger charge is -2.21. The number of nitrogens with zero attached hydrogens (tertiary/aromatic N) is 1. The summed E-state index contributed by atoms with van der Waals surface area (Å²) in [4.78, 5) is 0. The third-order valence-corrected chi connectivity index (χ3v) is 10.5. The summed E-state index contributed by atoms with van der Waals surface area (Å²) in [6, 6.07) is 73.0. The summed E-state index contributed by atoms with van der Waals surface area (Å²) in [6.45, 7) is 2.40. The molecule has 0 amide bonds. The van der Waals surface area contributed by atoms with E-state index in [0.717, 1.165) is 6.42 Å². The number of hydrogen-bond donors (Lipinski definition) is 0. The molecule has 248 valence electrons. The van der Waals surface area contributed by atoms with E-state index in [-0.39, 0.29) is 6.04 Å². The molecule has 0 radical (unpaired) electrons. The molecule has 9 aromatic rings. The Labute approximate surface area is 306 Å². The first-order valence-electron chi connectivity index (χ1n) is 18.2. The van der Waals surface area contributed by atoms with Crippen LogP contribution in [0.1, 0.15) is 18.5 Å². The lowest BCUT2D eigenvalue weighted by atomic mass is 9.90. The highest BCUT2D eigenvalue weighted by atomic mass is 15.0. The summed E-state index contributed by atoms with van der Waals surface area (Å²) in [7, 11) is 0. The van der Waals surface area contributed by atoms with Crippen LogP contribution in [0.25, 0.3) is 77.4 Å². The molecule has 0 N–H and O–H groups in total. The predicted octanol–water partition coefficient (Wildman–Crippen LogP) is 13.9. The van der Waals surface area contributed by atoms with Crippen LogP contribution in [0, 0.1) is 0 Å². The van der Waals surface area contributed by atoms with E-state index in [9.17, 15) is 0 Å². The van der Waals surface area contributed by atoms with E-state index >= 15 is 0 Å². The van der Waals surface area contributed by atoms with Gasteiger partial charge in [0.15, 0.2) is 0 Å². The maximum atomic E-state index is 2.68. The molecule has 0 fully saturated rings. The van der Waals surface area contributed by atoms with Crippen LogP contribution in [-0.2, 0) is 6.42 Å². The first-order valence-corrected chi connectivity index (χ1v) is 18.2. The van der Waals surface area contributed by atoms with E-state index in [1.807, 2.05) is 0 Å². The lowest BCUT2D eigenvalue weighted by Crippen LogP contribution is -2.09. The zero-order valence-electron chi connectivity index (χ0n) is 29.3. The van der Waals surface area contributed by atoms with Gasteiger partial charge < -0.3 is 4.57 Å². The maximum absolute atomic E-state index is 2.68. The Bertz CT molecular complexity index is 2460. The zero-order valence-corrected chi connectivity index (χ0v) is 29.3. The molecule has 0 spiro atoms. The molecule has 1 atom stereocenters. The average molecular weight is 666 g/mol. The zero-order chi connectivity index (χ0) is 34.9. The minimum atomic E-state index is 0.143. The van der Waals surface area contributed by atoms with Crippen LogP contribution in [0.3, 0.4) is 0 Å². The Morgan fingerprint density at radius 1 is 0.327 bits per heavy atom. The molecule has 52 heavy (non-hydrogen) atoms. The van der Waals surface area contributed by atoms with Gasteiger partial charge in [-0.3, -0.25) is 0 Å². The average Bonchev–Trinajstić information content (AvgIpc) is 3.59. The summed E-state index contributed by atoms with van der Waals surface area (Å²) >= 11 is 0. The second-order valence-corrected chi connectivity index (χ2v) is 13.7.